The Bertz CT molecular complexity index is 695. The van der Waals surface area contributed by atoms with E-state index in [1.54, 1.807) is 0 Å². The maximum absolute atomic E-state index is 8.55. The van der Waals surface area contributed by atoms with Crippen LogP contribution in [0.5, 0.6) is 0 Å². The van der Waals surface area contributed by atoms with E-state index in [0.717, 1.165) is 0 Å². The van der Waals surface area contributed by atoms with Gasteiger partial charge in [-0.1, -0.05) is 54.6 Å². The van der Waals surface area contributed by atoms with Crippen molar-refractivity contribution in [2.45, 2.75) is 14.7 Å². The molecule has 0 saturated carbocycles. The van der Waals surface area contributed by atoms with Gasteiger partial charge in [-0.25, -0.2) is 0 Å². The third kappa shape index (κ3) is 19.8. The predicted molar refractivity (Wildman–Crippen MR) is 113 cm³/mol. The quantitative estimate of drug-likeness (QED) is 0.355. The average Bonchev–Trinajstić information content (AvgIpc) is 2.75. The average molecular weight is 474 g/mol. The molecule has 0 bridgehead atoms. The van der Waals surface area contributed by atoms with Crippen molar-refractivity contribution in [3.63, 3.8) is 0 Å². The van der Waals surface area contributed by atoms with Crippen molar-refractivity contribution in [1.29, 1.82) is 0 Å². The highest BCUT2D eigenvalue weighted by Gasteiger charge is 1.87. The molecule has 0 aliphatic heterocycles. The van der Waals surface area contributed by atoms with Crippen molar-refractivity contribution < 1.29 is 34.7 Å². The van der Waals surface area contributed by atoms with Crippen molar-refractivity contribution in [3.8, 4) is 0 Å². The van der Waals surface area contributed by atoms with E-state index >= 15 is 0 Å². The molecule has 29 heavy (non-hydrogen) atoms. The molecule has 7 nitrogen and oxygen atoms in total. The highest BCUT2D eigenvalue weighted by Crippen LogP contribution is 2.07. The molecule has 0 aliphatic rings. The van der Waals surface area contributed by atoms with E-state index in [-0.39, 0.29) is 0 Å². The molecule has 0 unspecified atom stereocenters. The van der Waals surface area contributed by atoms with Gasteiger partial charge in [0.15, 0.2) is 0 Å². The van der Waals surface area contributed by atoms with E-state index in [0.29, 0.717) is 0 Å². The number of hydrogen-bond acceptors (Lipinski definition) is 7. The van der Waals surface area contributed by atoms with Crippen LogP contribution in [0, 0.1) is 0 Å². The minimum atomic E-state index is -5.39. The third-order valence-electron chi connectivity index (χ3n) is 2.73. The molecular weight excluding hydrogens is 449 g/mol. The lowest BCUT2D eigenvalue weighted by molar-refractivity contribution is -0.432. The Morgan fingerprint density at radius 3 is 0.793 bits per heavy atom. The molecule has 0 aliphatic carbocycles. The van der Waals surface area contributed by atoms with Crippen LogP contribution in [0.25, 0.3) is 0 Å². The van der Waals surface area contributed by atoms with E-state index in [4.69, 9.17) is 19.2 Å². The smallest absolute Gasteiger partial charge is 0.107 e. The van der Waals surface area contributed by atoms with E-state index < -0.39 is 7.82 Å². The van der Waals surface area contributed by atoms with E-state index in [1.807, 2.05) is 91.0 Å². The Kier molecular flexibility index (Phi) is 16.8. The summed E-state index contributed by atoms with van der Waals surface area (Å²) in [5, 5.41) is 11.0. The summed E-state index contributed by atoms with van der Waals surface area (Å²) >= 11 is 4.56. The third-order valence-corrected chi connectivity index (χ3v) is 4.55. The van der Waals surface area contributed by atoms with Gasteiger partial charge in [-0.2, -0.15) is 7.82 Å². The first kappa shape index (κ1) is 27.7. The van der Waals surface area contributed by atoms with Gasteiger partial charge in [0.05, 0.1) is 14.7 Å². The largest absolute Gasteiger partial charge is 0.822 e. The standard InChI is InChI=1S/3C6H7NS.H3O4P/c3*7-8-6-4-2-1-3-5-6;1-5(2,3)4/h3*1-5H,7H2;(H3,1,2,3,4). The van der Waals surface area contributed by atoms with Gasteiger partial charge in [0.2, 0.25) is 0 Å². The van der Waals surface area contributed by atoms with Crippen molar-refractivity contribution in [2.75, 3.05) is 0 Å². The molecule has 0 fully saturated rings. The Morgan fingerprint density at radius 2 is 0.690 bits per heavy atom. The van der Waals surface area contributed by atoms with E-state index in [2.05, 4.69) is 15.4 Å². The van der Waals surface area contributed by atoms with Crippen molar-refractivity contribution >= 4 is 43.7 Å². The topological polar surface area (TPSA) is 169 Å². The molecule has 3 rings (SSSR count). The minimum absolute atomic E-state index is 1.22. The summed E-state index contributed by atoms with van der Waals surface area (Å²) < 4.78 is 8.55. The molecule has 158 valence electrons. The number of quaternary nitrogens is 3. The predicted octanol–water partition coefficient (Wildman–Crippen LogP) is -0.0178. The van der Waals surface area contributed by atoms with E-state index in [1.165, 1.54) is 50.5 Å². The van der Waals surface area contributed by atoms with Crippen molar-refractivity contribution in [1.82, 2.24) is 0 Å². The summed E-state index contributed by atoms with van der Waals surface area (Å²) in [5.74, 6) is 0. The number of phosphoric acid groups is 1. The fourth-order valence-corrected chi connectivity index (χ4v) is 2.60. The second kappa shape index (κ2) is 17.5. The lowest BCUT2D eigenvalue weighted by Crippen LogP contribution is -2.35. The van der Waals surface area contributed by atoms with Crippen LogP contribution in [-0.2, 0) is 4.57 Å². The first-order chi connectivity index (χ1) is 13.8. The lowest BCUT2D eigenvalue weighted by Gasteiger charge is -2.36. The van der Waals surface area contributed by atoms with Crippen LogP contribution in [0.3, 0.4) is 0 Å². The number of hydrogen-bond donors (Lipinski definition) is 3. The molecule has 9 N–H and O–H groups in total. The van der Waals surface area contributed by atoms with Crippen LogP contribution in [0.15, 0.2) is 106 Å². The monoisotopic (exact) mass is 473 g/mol. The van der Waals surface area contributed by atoms with Gasteiger partial charge < -0.3 is 19.2 Å². The Hall–Kier alpha value is -1.30. The number of benzene rings is 3. The molecule has 3 aromatic carbocycles. The van der Waals surface area contributed by atoms with Gasteiger partial charge in [0, 0.05) is 0 Å². The minimum Gasteiger partial charge on any atom is -0.822 e. The maximum Gasteiger partial charge on any atom is 0.107 e. The van der Waals surface area contributed by atoms with Gasteiger partial charge in [-0.05, 0) is 36.4 Å². The summed E-state index contributed by atoms with van der Waals surface area (Å²) in [6.45, 7) is 0. The maximum atomic E-state index is 8.55. The van der Waals surface area contributed by atoms with Crippen molar-refractivity contribution in [2.24, 2.45) is 0 Å². The zero-order chi connectivity index (χ0) is 22.0. The molecule has 0 radical (unpaired) electrons. The van der Waals surface area contributed by atoms with Gasteiger partial charge in [0.1, 0.15) is 35.8 Å². The molecule has 0 atom stereocenters. The molecule has 0 aromatic heterocycles. The second-order valence-corrected chi connectivity index (χ2v) is 7.99. The molecule has 0 saturated heterocycles. The Labute approximate surface area is 183 Å². The van der Waals surface area contributed by atoms with E-state index in [9.17, 15) is 0 Å². The zero-order valence-corrected chi connectivity index (χ0v) is 18.9. The van der Waals surface area contributed by atoms with Gasteiger partial charge in [-0.15, -0.1) is 0 Å². The van der Waals surface area contributed by atoms with Crippen LogP contribution in [0.4, 0.5) is 0 Å². The molecule has 0 spiro atoms. The highest BCUT2D eigenvalue weighted by atomic mass is 32.2. The fraction of sp³-hybridized carbons (Fsp3) is 0. The molecule has 11 heteroatoms. The molecule has 0 amide bonds. The summed E-state index contributed by atoms with van der Waals surface area (Å²) in [6, 6.07) is 30.3. The van der Waals surface area contributed by atoms with Crippen LogP contribution in [-0.4, -0.2) is 0 Å². The summed E-state index contributed by atoms with van der Waals surface area (Å²) in [6.07, 6.45) is 0. The van der Waals surface area contributed by atoms with Crippen molar-refractivity contribution in [3.05, 3.63) is 91.0 Å². The normalized spacial score (nSPS) is 9.59. The van der Waals surface area contributed by atoms with Crippen LogP contribution in [0.1, 0.15) is 0 Å². The Morgan fingerprint density at radius 1 is 0.517 bits per heavy atom. The number of rotatable bonds is 3. The zero-order valence-electron chi connectivity index (χ0n) is 15.6. The van der Waals surface area contributed by atoms with Gasteiger partial charge in [0.25, 0.3) is 0 Å². The van der Waals surface area contributed by atoms with Crippen LogP contribution < -0.4 is 30.1 Å². The van der Waals surface area contributed by atoms with Gasteiger partial charge >= 0.3 is 0 Å². The summed E-state index contributed by atoms with van der Waals surface area (Å²) in [7, 11) is -5.39. The van der Waals surface area contributed by atoms with Crippen LogP contribution >= 0.6 is 43.7 Å². The first-order valence-corrected chi connectivity index (χ1v) is 12.4. The second-order valence-electron chi connectivity index (χ2n) is 4.82. The molecule has 0 heterocycles. The first-order valence-electron chi connectivity index (χ1n) is 7.94. The SMILES string of the molecule is O=P([O-])([O-])[O-].[NH3+]Sc1ccccc1.[NH3+]Sc1ccccc1.[NH3+]Sc1ccccc1. The summed E-state index contributed by atoms with van der Waals surface area (Å²) in [4.78, 5) is 29.3. The highest BCUT2D eigenvalue weighted by molar-refractivity contribution is 7.92. The fourth-order valence-electron chi connectivity index (χ4n) is 1.55. The Balaban J connectivity index is 0.000000367. The molecular formula is C18H24N3O4PS3. The molecule has 3 aromatic rings. The lowest BCUT2D eigenvalue weighted by atomic mass is 10.4. The van der Waals surface area contributed by atoms with Crippen LogP contribution in [0.2, 0.25) is 0 Å². The summed E-state index contributed by atoms with van der Waals surface area (Å²) in [5.41, 5.74) is 0. The van der Waals surface area contributed by atoms with Gasteiger partial charge in [-0.3, -0.25) is 15.4 Å².